The van der Waals surface area contributed by atoms with Crippen LogP contribution in [0.3, 0.4) is 0 Å². The number of nitrogens with one attached hydrogen (secondary N) is 1. The molecule has 0 spiro atoms. The molecule has 0 saturated heterocycles. The number of hydrogen-bond acceptors (Lipinski definition) is 3. The standard InChI is InChI=1S/C15H17NO4/c17-14(18)6-5-12-15(19)16-11-7-9-3-1-2-4-10(9)8-13(11)20-12/h7-8,12H,1-6H2,(H,16,19)(H,17,18). The second kappa shape index (κ2) is 5.15. The molecule has 1 aromatic carbocycles. The van der Waals surface area contributed by atoms with Crippen LogP contribution >= 0.6 is 0 Å². The van der Waals surface area contributed by atoms with Gasteiger partial charge >= 0.3 is 5.97 Å². The van der Waals surface area contributed by atoms with Gasteiger partial charge < -0.3 is 15.2 Å². The molecule has 1 unspecified atom stereocenters. The number of benzene rings is 1. The largest absolute Gasteiger partial charge is 0.481 e. The number of carboxylic acid groups (broad SMARTS) is 1. The molecule has 0 fully saturated rings. The lowest BCUT2D eigenvalue weighted by Gasteiger charge is -2.28. The van der Waals surface area contributed by atoms with Crippen molar-refractivity contribution in [1.82, 2.24) is 0 Å². The van der Waals surface area contributed by atoms with E-state index in [2.05, 4.69) is 5.32 Å². The summed E-state index contributed by atoms with van der Waals surface area (Å²) in [6.45, 7) is 0. The van der Waals surface area contributed by atoms with E-state index < -0.39 is 12.1 Å². The molecule has 0 bridgehead atoms. The van der Waals surface area contributed by atoms with Gasteiger partial charge in [0.25, 0.3) is 5.91 Å². The maximum Gasteiger partial charge on any atom is 0.303 e. The van der Waals surface area contributed by atoms with Gasteiger partial charge in [0.05, 0.1) is 5.69 Å². The van der Waals surface area contributed by atoms with Crippen molar-refractivity contribution in [3.05, 3.63) is 23.3 Å². The van der Waals surface area contributed by atoms with E-state index >= 15 is 0 Å². The number of hydrogen-bond donors (Lipinski definition) is 2. The molecule has 1 heterocycles. The Hall–Kier alpha value is -2.04. The summed E-state index contributed by atoms with van der Waals surface area (Å²) in [5, 5.41) is 11.5. The molecule has 20 heavy (non-hydrogen) atoms. The molecular formula is C15H17NO4. The van der Waals surface area contributed by atoms with Gasteiger partial charge in [0.15, 0.2) is 6.10 Å². The average Bonchev–Trinajstić information content (AvgIpc) is 2.43. The molecule has 0 radical (unpaired) electrons. The van der Waals surface area contributed by atoms with Crippen LogP contribution in [0.1, 0.15) is 36.8 Å². The van der Waals surface area contributed by atoms with Crippen LogP contribution < -0.4 is 10.1 Å². The first-order valence-corrected chi connectivity index (χ1v) is 6.98. The molecule has 1 aliphatic heterocycles. The molecule has 1 aromatic rings. The zero-order valence-corrected chi connectivity index (χ0v) is 11.1. The fourth-order valence-electron chi connectivity index (χ4n) is 2.82. The van der Waals surface area contributed by atoms with E-state index in [1.54, 1.807) is 0 Å². The summed E-state index contributed by atoms with van der Waals surface area (Å²) in [6.07, 6.45) is 3.86. The van der Waals surface area contributed by atoms with Crippen LogP contribution in [-0.2, 0) is 22.4 Å². The number of rotatable bonds is 3. The van der Waals surface area contributed by atoms with Crippen molar-refractivity contribution in [3.8, 4) is 5.75 Å². The number of amides is 1. The summed E-state index contributed by atoms with van der Waals surface area (Å²) in [7, 11) is 0. The molecule has 1 aliphatic carbocycles. The minimum Gasteiger partial charge on any atom is -0.481 e. The maximum absolute atomic E-state index is 11.9. The Balaban J connectivity index is 1.82. The van der Waals surface area contributed by atoms with Crippen LogP contribution in [0.2, 0.25) is 0 Å². The van der Waals surface area contributed by atoms with Gasteiger partial charge in [-0.15, -0.1) is 0 Å². The number of carbonyl (C=O) groups excluding carboxylic acids is 1. The van der Waals surface area contributed by atoms with Crippen molar-refractivity contribution in [2.24, 2.45) is 0 Å². The molecule has 5 nitrogen and oxygen atoms in total. The number of aryl methyl sites for hydroxylation is 2. The fraction of sp³-hybridized carbons (Fsp3) is 0.467. The summed E-state index contributed by atoms with van der Waals surface area (Å²) in [5.41, 5.74) is 3.27. The smallest absolute Gasteiger partial charge is 0.303 e. The summed E-state index contributed by atoms with van der Waals surface area (Å²) in [6, 6.07) is 3.99. The second-order valence-electron chi connectivity index (χ2n) is 5.35. The van der Waals surface area contributed by atoms with E-state index in [4.69, 9.17) is 9.84 Å². The highest BCUT2D eigenvalue weighted by Crippen LogP contribution is 2.36. The van der Waals surface area contributed by atoms with Gasteiger partial charge in [0.1, 0.15) is 5.75 Å². The number of ether oxygens (including phenoxy) is 1. The first-order valence-electron chi connectivity index (χ1n) is 6.98. The highest BCUT2D eigenvalue weighted by Gasteiger charge is 2.29. The van der Waals surface area contributed by atoms with Crippen LogP contribution in [-0.4, -0.2) is 23.1 Å². The average molecular weight is 275 g/mol. The molecule has 3 rings (SSSR count). The van der Waals surface area contributed by atoms with Crippen LogP contribution in [0.15, 0.2) is 12.1 Å². The summed E-state index contributed by atoms with van der Waals surface area (Å²) >= 11 is 0. The van der Waals surface area contributed by atoms with Crippen molar-refractivity contribution in [3.63, 3.8) is 0 Å². The van der Waals surface area contributed by atoms with Gasteiger partial charge in [-0.05, 0) is 48.9 Å². The first-order chi connectivity index (χ1) is 9.63. The van der Waals surface area contributed by atoms with Gasteiger partial charge in [-0.3, -0.25) is 9.59 Å². The Morgan fingerprint density at radius 2 is 2.00 bits per heavy atom. The van der Waals surface area contributed by atoms with E-state index in [1.807, 2.05) is 12.1 Å². The first kappa shape index (κ1) is 13.0. The van der Waals surface area contributed by atoms with Crippen molar-refractivity contribution in [2.45, 2.75) is 44.6 Å². The highest BCUT2D eigenvalue weighted by atomic mass is 16.5. The zero-order chi connectivity index (χ0) is 14.1. The third-order valence-corrected chi connectivity index (χ3v) is 3.88. The third kappa shape index (κ3) is 2.48. The lowest BCUT2D eigenvalue weighted by atomic mass is 9.90. The molecule has 1 amide bonds. The van der Waals surface area contributed by atoms with Crippen molar-refractivity contribution >= 4 is 17.6 Å². The van der Waals surface area contributed by atoms with Crippen LogP contribution in [0.25, 0.3) is 0 Å². The Bertz CT molecular complexity index is 567. The molecule has 2 N–H and O–H groups in total. The quantitative estimate of drug-likeness (QED) is 0.886. The monoisotopic (exact) mass is 275 g/mol. The van der Waals surface area contributed by atoms with Gasteiger partial charge in [-0.1, -0.05) is 0 Å². The molecule has 5 heteroatoms. The highest BCUT2D eigenvalue weighted by molar-refractivity contribution is 5.98. The van der Waals surface area contributed by atoms with Crippen LogP contribution in [0.4, 0.5) is 5.69 Å². The van der Waals surface area contributed by atoms with Gasteiger partial charge in [-0.2, -0.15) is 0 Å². The summed E-state index contributed by atoms with van der Waals surface area (Å²) in [4.78, 5) is 22.5. The Morgan fingerprint density at radius 1 is 1.30 bits per heavy atom. The topological polar surface area (TPSA) is 75.6 Å². The molecule has 2 aliphatic rings. The number of aliphatic carboxylic acids is 1. The summed E-state index contributed by atoms with van der Waals surface area (Å²) in [5.74, 6) is -0.507. The molecular weight excluding hydrogens is 258 g/mol. The summed E-state index contributed by atoms with van der Waals surface area (Å²) < 4.78 is 5.69. The van der Waals surface area contributed by atoms with Crippen molar-refractivity contribution in [1.29, 1.82) is 0 Å². The number of carbonyl (C=O) groups is 2. The SMILES string of the molecule is O=C(O)CCC1Oc2cc3c(cc2NC1=O)CCCC3. The number of anilines is 1. The van der Waals surface area contributed by atoms with Crippen LogP contribution in [0.5, 0.6) is 5.75 Å². The number of carboxylic acids is 1. The Labute approximate surface area is 116 Å². The zero-order valence-electron chi connectivity index (χ0n) is 11.1. The minimum atomic E-state index is -0.919. The lowest BCUT2D eigenvalue weighted by Crippen LogP contribution is -2.37. The molecule has 0 aromatic heterocycles. The van der Waals surface area contributed by atoms with E-state index in [9.17, 15) is 9.59 Å². The van der Waals surface area contributed by atoms with Gasteiger partial charge in [0.2, 0.25) is 0 Å². The molecule has 0 saturated carbocycles. The predicted octanol–water partition coefficient (Wildman–Crippen LogP) is 2.13. The Morgan fingerprint density at radius 3 is 2.70 bits per heavy atom. The van der Waals surface area contributed by atoms with Crippen molar-refractivity contribution in [2.75, 3.05) is 5.32 Å². The van der Waals surface area contributed by atoms with E-state index in [-0.39, 0.29) is 18.7 Å². The van der Waals surface area contributed by atoms with E-state index in [0.717, 1.165) is 12.8 Å². The minimum absolute atomic E-state index is 0.0711. The van der Waals surface area contributed by atoms with Gasteiger partial charge in [-0.25, -0.2) is 0 Å². The predicted molar refractivity (Wildman–Crippen MR) is 73.0 cm³/mol. The van der Waals surface area contributed by atoms with Gasteiger partial charge in [0, 0.05) is 12.8 Å². The Kier molecular flexibility index (Phi) is 3.34. The second-order valence-corrected chi connectivity index (χ2v) is 5.35. The maximum atomic E-state index is 11.9. The molecule has 106 valence electrons. The lowest BCUT2D eigenvalue weighted by molar-refractivity contribution is -0.137. The van der Waals surface area contributed by atoms with E-state index in [0.29, 0.717) is 11.4 Å². The van der Waals surface area contributed by atoms with Crippen LogP contribution in [0, 0.1) is 0 Å². The normalized spacial score (nSPS) is 20.4. The van der Waals surface area contributed by atoms with E-state index in [1.165, 1.54) is 24.0 Å². The number of fused-ring (bicyclic) bond motifs is 2. The molecule has 1 atom stereocenters. The fourth-order valence-corrected chi connectivity index (χ4v) is 2.82. The van der Waals surface area contributed by atoms with Crippen molar-refractivity contribution < 1.29 is 19.4 Å². The third-order valence-electron chi connectivity index (χ3n) is 3.88.